The molecule has 0 saturated heterocycles. The van der Waals surface area contributed by atoms with Crippen molar-refractivity contribution in [3.05, 3.63) is 29.1 Å². The molecule has 3 heteroatoms. The van der Waals surface area contributed by atoms with Crippen molar-refractivity contribution in [2.75, 3.05) is 11.9 Å². The lowest BCUT2D eigenvalue weighted by atomic mass is 10.1. The van der Waals surface area contributed by atoms with E-state index in [0.717, 1.165) is 23.9 Å². The Morgan fingerprint density at radius 3 is 2.62 bits per heavy atom. The monoisotopic (exact) mass is 219 g/mol. The molecule has 1 rings (SSSR count). The average Bonchev–Trinajstić information content (AvgIpc) is 2.16. The van der Waals surface area contributed by atoms with E-state index in [1.807, 2.05) is 13.0 Å². The first-order chi connectivity index (χ1) is 7.49. The average molecular weight is 219 g/mol. The van der Waals surface area contributed by atoms with Crippen LogP contribution in [0.4, 0.5) is 5.95 Å². The van der Waals surface area contributed by atoms with Gasteiger partial charge >= 0.3 is 0 Å². The first kappa shape index (κ1) is 12.7. The van der Waals surface area contributed by atoms with Crippen molar-refractivity contribution in [2.45, 2.75) is 40.5 Å². The van der Waals surface area contributed by atoms with Gasteiger partial charge in [0.05, 0.1) is 0 Å². The number of hydrogen-bond donors (Lipinski definition) is 1. The van der Waals surface area contributed by atoms with Gasteiger partial charge in [-0.05, 0) is 32.8 Å². The Kier molecular flexibility index (Phi) is 4.47. The van der Waals surface area contributed by atoms with E-state index in [2.05, 4.69) is 49.1 Å². The van der Waals surface area contributed by atoms with Crippen LogP contribution in [-0.4, -0.2) is 16.5 Å². The van der Waals surface area contributed by atoms with Crippen molar-refractivity contribution < 1.29 is 0 Å². The molecule has 0 aliphatic rings. The minimum atomic E-state index is 0.436. The van der Waals surface area contributed by atoms with Gasteiger partial charge in [0.25, 0.3) is 0 Å². The Morgan fingerprint density at radius 2 is 2.06 bits per heavy atom. The number of aryl methyl sites for hydroxylation is 1. The zero-order chi connectivity index (χ0) is 12.1. The van der Waals surface area contributed by atoms with Crippen LogP contribution in [0.5, 0.6) is 0 Å². The fraction of sp³-hybridized carbons (Fsp3) is 0.538. The third-order valence-electron chi connectivity index (χ3n) is 2.24. The topological polar surface area (TPSA) is 37.8 Å². The van der Waals surface area contributed by atoms with E-state index < -0.39 is 0 Å². The highest BCUT2D eigenvalue weighted by atomic mass is 15.1. The molecule has 0 unspecified atom stereocenters. The quantitative estimate of drug-likeness (QED) is 0.790. The fourth-order valence-electron chi connectivity index (χ4n) is 1.31. The van der Waals surface area contributed by atoms with Gasteiger partial charge < -0.3 is 5.32 Å². The van der Waals surface area contributed by atoms with Crippen LogP contribution in [0.3, 0.4) is 0 Å². The van der Waals surface area contributed by atoms with Crippen molar-refractivity contribution in [1.29, 1.82) is 0 Å². The van der Waals surface area contributed by atoms with Crippen LogP contribution in [0.2, 0.25) is 0 Å². The molecule has 0 radical (unpaired) electrons. The number of rotatable bonds is 4. The molecule has 0 aliphatic carbocycles. The molecular weight excluding hydrogens is 198 g/mol. The number of nitrogens with one attached hydrogen (secondary N) is 1. The molecule has 0 aliphatic heterocycles. The molecular formula is C13H21N3. The lowest BCUT2D eigenvalue weighted by molar-refractivity contribution is 0.810. The van der Waals surface area contributed by atoms with Crippen LogP contribution in [0.15, 0.2) is 17.7 Å². The Balaban J connectivity index is 2.76. The molecule has 1 aromatic rings. The normalized spacial score (nSPS) is 10.4. The molecule has 0 fully saturated rings. The summed E-state index contributed by atoms with van der Waals surface area (Å²) < 4.78 is 0. The Labute approximate surface area is 98.0 Å². The smallest absolute Gasteiger partial charge is 0.223 e. The van der Waals surface area contributed by atoms with Crippen molar-refractivity contribution in [3.8, 4) is 0 Å². The molecule has 0 aromatic carbocycles. The molecule has 16 heavy (non-hydrogen) atoms. The molecule has 88 valence electrons. The second kappa shape index (κ2) is 5.64. The Morgan fingerprint density at radius 1 is 1.38 bits per heavy atom. The van der Waals surface area contributed by atoms with Crippen LogP contribution in [0, 0.1) is 6.92 Å². The molecule has 3 nitrogen and oxygen atoms in total. The third kappa shape index (κ3) is 4.01. The van der Waals surface area contributed by atoms with E-state index in [-0.39, 0.29) is 0 Å². The van der Waals surface area contributed by atoms with Gasteiger partial charge in [-0.3, -0.25) is 0 Å². The van der Waals surface area contributed by atoms with Gasteiger partial charge in [-0.25, -0.2) is 9.97 Å². The van der Waals surface area contributed by atoms with Gasteiger partial charge in [-0.2, -0.15) is 0 Å². The minimum Gasteiger partial charge on any atom is -0.351 e. The third-order valence-corrected chi connectivity index (χ3v) is 2.24. The molecule has 1 heterocycles. The second-order valence-corrected chi connectivity index (χ2v) is 4.57. The van der Waals surface area contributed by atoms with Gasteiger partial charge in [0, 0.05) is 17.9 Å². The van der Waals surface area contributed by atoms with Gasteiger partial charge in [-0.15, -0.1) is 0 Å². The zero-order valence-electron chi connectivity index (χ0n) is 10.8. The summed E-state index contributed by atoms with van der Waals surface area (Å²) in [4.78, 5) is 8.84. The van der Waals surface area contributed by atoms with Gasteiger partial charge in [0.15, 0.2) is 0 Å². The number of nitrogens with zero attached hydrogens (tertiary/aromatic N) is 2. The van der Waals surface area contributed by atoms with Gasteiger partial charge in [-0.1, -0.05) is 25.5 Å². The number of anilines is 1. The van der Waals surface area contributed by atoms with Gasteiger partial charge in [0.1, 0.15) is 0 Å². The molecule has 0 amide bonds. The SMILES string of the molecule is CC(C)=CCNc1nc(C)cc(C(C)C)n1. The summed E-state index contributed by atoms with van der Waals surface area (Å²) in [6.07, 6.45) is 2.13. The van der Waals surface area contributed by atoms with Crippen LogP contribution < -0.4 is 5.32 Å². The minimum absolute atomic E-state index is 0.436. The van der Waals surface area contributed by atoms with Crippen LogP contribution >= 0.6 is 0 Å². The first-order valence-corrected chi connectivity index (χ1v) is 5.72. The summed E-state index contributed by atoms with van der Waals surface area (Å²) in [6, 6.07) is 2.04. The largest absolute Gasteiger partial charge is 0.351 e. The first-order valence-electron chi connectivity index (χ1n) is 5.72. The lowest BCUT2D eigenvalue weighted by Gasteiger charge is -2.09. The summed E-state index contributed by atoms with van der Waals surface area (Å²) in [6.45, 7) is 11.2. The summed E-state index contributed by atoms with van der Waals surface area (Å²) in [7, 11) is 0. The maximum atomic E-state index is 4.48. The highest BCUT2D eigenvalue weighted by molar-refractivity contribution is 5.30. The van der Waals surface area contributed by atoms with Crippen LogP contribution in [0.25, 0.3) is 0 Å². The van der Waals surface area contributed by atoms with E-state index in [9.17, 15) is 0 Å². The maximum Gasteiger partial charge on any atom is 0.223 e. The van der Waals surface area contributed by atoms with Crippen molar-refractivity contribution in [2.24, 2.45) is 0 Å². The molecule has 0 bridgehead atoms. The predicted octanol–water partition coefficient (Wildman–Crippen LogP) is 3.29. The van der Waals surface area contributed by atoms with Crippen molar-refractivity contribution in [3.63, 3.8) is 0 Å². The van der Waals surface area contributed by atoms with E-state index in [0.29, 0.717) is 5.92 Å². The summed E-state index contributed by atoms with van der Waals surface area (Å²) in [5.74, 6) is 1.16. The number of aromatic nitrogens is 2. The van der Waals surface area contributed by atoms with E-state index >= 15 is 0 Å². The highest BCUT2D eigenvalue weighted by Crippen LogP contribution is 2.14. The number of hydrogen-bond acceptors (Lipinski definition) is 3. The summed E-state index contributed by atoms with van der Waals surface area (Å²) in [5, 5.41) is 3.21. The van der Waals surface area contributed by atoms with Gasteiger partial charge in [0.2, 0.25) is 5.95 Å². The van der Waals surface area contributed by atoms with Crippen LogP contribution in [0.1, 0.15) is 45.0 Å². The molecule has 1 aromatic heterocycles. The maximum absolute atomic E-state index is 4.48. The lowest BCUT2D eigenvalue weighted by Crippen LogP contribution is -2.07. The van der Waals surface area contributed by atoms with Crippen molar-refractivity contribution >= 4 is 5.95 Å². The predicted molar refractivity (Wildman–Crippen MR) is 68.8 cm³/mol. The molecule has 0 spiro atoms. The fourth-order valence-corrected chi connectivity index (χ4v) is 1.31. The molecule has 1 N–H and O–H groups in total. The Bertz CT molecular complexity index is 377. The molecule has 0 saturated carbocycles. The van der Waals surface area contributed by atoms with E-state index in [4.69, 9.17) is 0 Å². The zero-order valence-corrected chi connectivity index (χ0v) is 10.8. The van der Waals surface area contributed by atoms with Crippen molar-refractivity contribution in [1.82, 2.24) is 9.97 Å². The second-order valence-electron chi connectivity index (χ2n) is 4.57. The standard InChI is InChI=1S/C13H21N3/c1-9(2)6-7-14-13-15-11(5)8-12(16-13)10(3)4/h6,8,10H,7H2,1-5H3,(H,14,15,16). The summed E-state index contributed by atoms with van der Waals surface area (Å²) in [5.41, 5.74) is 3.40. The van der Waals surface area contributed by atoms with E-state index in [1.165, 1.54) is 5.57 Å². The number of allylic oxidation sites excluding steroid dienone is 1. The highest BCUT2D eigenvalue weighted by Gasteiger charge is 2.04. The Hall–Kier alpha value is -1.38. The van der Waals surface area contributed by atoms with E-state index in [1.54, 1.807) is 0 Å². The summed E-state index contributed by atoms with van der Waals surface area (Å²) >= 11 is 0. The van der Waals surface area contributed by atoms with Crippen LogP contribution in [-0.2, 0) is 0 Å². The molecule has 0 atom stereocenters.